The summed E-state index contributed by atoms with van der Waals surface area (Å²) in [7, 11) is 1.50. The molecular formula is C12H14F4N2S. The van der Waals surface area contributed by atoms with Crippen LogP contribution in [0.5, 0.6) is 0 Å². The smallest absolute Gasteiger partial charge is 0.389 e. The fourth-order valence-electron chi connectivity index (χ4n) is 1.54. The van der Waals surface area contributed by atoms with E-state index in [0.29, 0.717) is 5.56 Å². The molecule has 0 aliphatic rings. The zero-order chi connectivity index (χ0) is 14.6. The zero-order valence-electron chi connectivity index (χ0n) is 10.3. The van der Waals surface area contributed by atoms with Crippen molar-refractivity contribution in [2.24, 2.45) is 5.73 Å². The van der Waals surface area contributed by atoms with E-state index in [4.69, 9.17) is 18.0 Å². The maximum atomic E-state index is 13.5. The Kier molecular flexibility index (Phi) is 5.25. The Morgan fingerprint density at radius 2 is 2.00 bits per heavy atom. The highest BCUT2D eigenvalue weighted by molar-refractivity contribution is 7.80. The SMILES string of the molecule is CN(CCC(F)(F)F)Cc1cc(C(N)=S)ccc1F. The van der Waals surface area contributed by atoms with Gasteiger partial charge >= 0.3 is 6.18 Å². The van der Waals surface area contributed by atoms with Crippen LogP contribution in [0.3, 0.4) is 0 Å². The van der Waals surface area contributed by atoms with Crippen molar-refractivity contribution in [3.05, 3.63) is 35.1 Å². The van der Waals surface area contributed by atoms with E-state index in [-0.39, 0.29) is 23.6 Å². The van der Waals surface area contributed by atoms with Crippen molar-refractivity contribution >= 4 is 17.2 Å². The number of rotatable bonds is 5. The first-order valence-electron chi connectivity index (χ1n) is 5.52. The first kappa shape index (κ1) is 15.8. The van der Waals surface area contributed by atoms with Crippen molar-refractivity contribution in [3.8, 4) is 0 Å². The van der Waals surface area contributed by atoms with Crippen LogP contribution in [0, 0.1) is 5.82 Å². The first-order valence-corrected chi connectivity index (χ1v) is 5.93. The molecule has 0 bridgehead atoms. The molecule has 0 aromatic heterocycles. The number of halogens is 4. The highest BCUT2D eigenvalue weighted by Gasteiger charge is 2.27. The van der Waals surface area contributed by atoms with Crippen LogP contribution >= 0.6 is 12.2 Å². The van der Waals surface area contributed by atoms with Gasteiger partial charge in [0.1, 0.15) is 10.8 Å². The van der Waals surface area contributed by atoms with E-state index in [0.717, 1.165) is 0 Å². The fraction of sp³-hybridized carbons (Fsp3) is 0.417. The van der Waals surface area contributed by atoms with Gasteiger partial charge in [0.25, 0.3) is 0 Å². The van der Waals surface area contributed by atoms with Gasteiger partial charge in [-0.2, -0.15) is 13.2 Å². The summed E-state index contributed by atoms with van der Waals surface area (Å²) in [5, 5.41) is 0. The summed E-state index contributed by atoms with van der Waals surface area (Å²) in [5.74, 6) is -0.487. The number of hydrogen-bond donors (Lipinski definition) is 1. The zero-order valence-corrected chi connectivity index (χ0v) is 11.1. The number of hydrogen-bond acceptors (Lipinski definition) is 2. The maximum absolute atomic E-state index is 13.5. The lowest BCUT2D eigenvalue weighted by molar-refractivity contribution is -0.137. The molecule has 2 nitrogen and oxygen atoms in total. The minimum Gasteiger partial charge on any atom is -0.389 e. The molecule has 0 saturated heterocycles. The Hall–Kier alpha value is -1.21. The standard InChI is InChI=1S/C12H14F4N2S/c1-18(5-4-12(14,15)16)7-9-6-8(11(17)19)2-3-10(9)13/h2-3,6H,4-5,7H2,1H3,(H2,17,19). The summed E-state index contributed by atoms with van der Waals surface area (Å²) < 4.78 is 49.7. The van der Waals surface area contributed by atoms with Crippen LogP contribution < -0.4 is 5.73 Å². The minimum atomic E-state index is -4.21. The number of nitrogens with two attached hydrogens (primary N) is 1. The molecule has 0 aliphatic heterocycles. The molecule has 0 aliphatic carbocycles. The lowest BCUT2D eigenvalue weighted by Crippen LogP contribution is -2.24. The predicted octanol–water partition coefficient (Wildman–Crippen LogP) is 2.84. The number of thiocarbonyl (C=S) groups is 1. The highest BCUT2D eigenvalue weighted by Crippen LogP contribution is 2.20. The summed E-state index contributed by atoms with van der Waals surface area (Å²) in [5.41, 5.74) is 6.19. The second kappa shape index (κ2) is 6.29. The van der Waals surface area contributed by atoms with Gasteiger partial charge < -0.3 is 10.6 Å². The molecular weight excluding hydrogens is 280 g/mol. The van der Waals surface area contributed by atoms with Gasteiger partial charge in [-0.25, -0.2) is 4.39 Å². The van der Waals surface area contributed by atoms with Crippen LogP contribution in [0.2, 0.25) is 0 Å². The largest absolute Gasteiger partial charge is 0.390 e. The normalized spacial score (nSPS) is 11.9. The van der Waals surface area contributed by atoms with Crippen LogP contribution in [-0.2, 0) is 6.54 Å². The Labute approximate surface area is 114 Å². The third kappa shape index (κ3) is 5.52. The Balaban J connectivity index is 2.70. The molecule has 1 aromatic rings. The lowest BCUT2D eigenvalue weighted by Gasteiger charge is -2.18. The molecule has 0 unspecified atom stereocenters. The van der Waals surface area contributed by atoms with Crippen molar-refractivity contribution < 1.29 is 17.6 Å². The van der Waals surface area contributed by atoms with Gasteiger partial charge in [0.2, 0.25) is 0 Å². The molecule has 1 rings (SSSR count). The fourth-order valence-corrected chi connectivity index (χ4v) is 1.66. The van der Waals surface area contributed by atoms with Crippen molar-refractivity contribution in [1.82, 2.24) is 4.90 Å². The highest BCUT2D eigenvalue weighted by atomic mass is 32.1. The van der Waals surface area contributed by atoms with Gasteiger partial charge in [0.15, 0.2) is 0 Å². The second-order valence-electron chi connectivity index (χ2n) is 4.27. The predicted molar refractivity (Wildman–Crippen MR) is 69.3 cm³/mol. The number of nitrogens with zero attached hydrogens (tertiary/aromatic N) is 1. The van der Waals surface area contributed by atoms with Crippen molar-refractivity contribution in [1.29, 1.82) is 0 Å². The Bertz CT molecular complexity index is 460. The molecule has 0 atom stereocenters. The maximum Gasteiger partial charge on any atom is 0.390 e. The van der Waals surface area contributed by atoms with Gasteiger partial charge in [0, 0.05) is 24.2 Å². The van der Waals surface area contributed by atoms with Gasteiger partial charge in [-0.05, 0) is 25.2 Å². The van der Waals surface area contributed by atoms with Gasteiger partial charge in [-0.3, -0.25) is 0 Å². The van der Waals surface area contributed by atoms with E-state index < -0.39 is 18.4 Å². The third-order valence-electron chi connectivity index (χ3n) is 2.55. The summed E-state index contributed by atoms with van der Waals surface area (Å²) in [4.78, 5) is 1.52. The number of alkyl halides is 3. The summed E-state index contributed by atoms with van der Waals surface area (Å²) in [6.07, 6.45) is -5.15. The lowest BCUT2D eigenvalue weighted by atomic mass is 10.1. The van der Waals surface area contributed by atoms with Gasteiger partial charge in [-0.1, -0.05) is 12.2 Å². The van der Waals surface area contributed by atoms with Gasteiger partial charge in [-0.15, -0.1) is 0 Å². The van der Waals surface area contributed by atoms with Crippen LogP contribution in [0.4, 0.5) is 17.6 Å². The first-order chi connectivity index (χ1) is 8.69. The monoisotopic (exact) mass is 294 g/mol. The van der Waals surface area contributed by atoms with E-state index in [1.807, 2.05) is 0 Å². The molecule has 0 fully saturated rings. The molecule has 0 amide bonds. The third-order valence-corrected chi connectivity index (χ3v) is 2.78. The van der Waals surface area contributed by atoms with E-state index in [1.165, 1.54) is 30.1 Å². The summed E-state index contributed by atoms with van der Waals surface area (Å²) in [6.45, 7) is -0.126. The van der Waals surface area contributed by atoms with E-state index >= 15 is 0 Å². The van der Waals surface area contributed by atoms with Crippen LogP contribution in [0.25, 0.3) is 0 Å². The van der Waals surface area contributed by atoms with Crippen LogP contribution in [0.1, 0.15) is 17.5 Å². The molecule has 0 heterocycles. The van der Waals surface area contributed by atoms with E-state index in [1.54, 1.807) is 0 Å². The average Bonchev–Trinajstić information content (AvgIpc) is 2.28. The van der Waals surface area contributed by atoms with Crippen molar-refractivity contribution in [3.63, 3.8) is 0 Å². The number of benzene rings is 1. The molecule has 7 heteroatoms. The van der Waals surface area contributed by atoms with Gasteiger partial charge in [0.05, 0.1) is 6.42 Å². The molecule has 106 valence electrons. The molecule has 1 aromatic carbocycles. The molecule has 0 saturated carbocycles. The van der Waals surface area contributed by atoms with E-state index in [2.05, 4.69) is 0 Å². The second-order valence-corrected chi connectivity index (χ2v) is 4.71. The summed E-state index contributed by atoms with van der Waals surface area (Å²) in [6, 6.07) is 4.11. The quantitative estimate of drug-likeness (QED) is 0.669. The molecule has 0 radical (unpaired) electrons. The minimum absolute atomic E-state index is 0.0678. The Morgan fingerprint density at radius 1 is 1.37 bits per heavy atom. The van der Waals surface area contributed by atoms with Crippen molar-refractivity contribution in [2.75, 3.05) is 13.6 Å². The summed E-state index contributed by atoms with van der Waals surface area (Å²) >= 11 is 4.77. The Morgan fingerprint density at radius 3 is 2.53 bits per heavy atom. The topological polar surface area (TPSA) is 29.3 Å². The van der Waals surface area contributed by atoms with Crippen molar-refractivity contribution in [2.45, 2.75) is 19.1 Å². The van der Waals surface area contributed by atoms with E-state index in [9.17, 15) is 17.6 Å². The van der Waals surface area contributed by atoms with Crippen LogP contribution in [-0.4, -0.2) is 29.7 Å². The average molecular weight is 294 g/mol. The molecule has 2 N–H and O–H groups in total. The molecule has 0 spiro atoms. The van der Waals surface area contributed by atoms with Crippen LogP contribution in [0.15, 0.2) is 18.2 Å². The molecule has 19 heavy (non-hydrogen) atoms.